The van der Waals surface area contributed by atoms with Gasteiger partial charge in [-0.1, -0.05) is 0 Å². The van der Waals surface area contributed by atoms with Gasteiger partial charge in [0, 0.05) is 18.5 Å². The van der Waals surface area contributed by atoms with Crippen molar-refractivity contribution in [1.82, 2.24) is 9.55 Å². The number of aliphatic hydroxyl groups is 1. The van der Waals surface area contributed by atoms with Crippen LogP contribution >= 0.6 is 0 Å². The fraction of sp³-hybridized carbons (Fsp3) is 0.769. The first-order valence-corrected chi connectivity index (χ1v) is 6.75. The Morgan fingerprint density at radius 1 is 1.67 bits per heavy atom. The van der Waals surface area contributed by atoms with Crippen LogP contribution in [0.3, 0.4) is 0 Å². The molecule has 3 N–H and O–H groups in total. The van der Waals surface area contributed by atoms with Gasteiger partial charge in [-0.05, 0) is 26.2 Å². The molecule has 3 rings (SSSR count). The van der Waals surface area contributed by atoms with Crippen molar-refractivity contribution in [3.8, 4) is 0 Å². The van der Waals surface area contributed by atoms with Crippen LogP contribution < -0.4 is 5.73 Å². The molecule has 4 atom stereocenters. The zero-order chi connectivity index (χ0) is 12.8. The lowest BCUT2D eigenvalue weighted by molar-refractivity contribution is -0.0301. The first-order valence-electron chi connectivity index (χ1n) is 6.75. The summed E-state index contributed by atoms with van der Waals surface area (Å²) >= 11 is 0. The van der Waals surface area contributed by atoms with Crippen molar-refractivity contribution in [2.75, 3.05) is 6.54 Å². The number of imidazole rings is 1. The summed E-state index contributed by atoms with van der Waals surface area (Å²) in [6.07, 6.45) is 6.29. The van der Waals surface area contributed by atoms with Gasteiger partial charge in [-0.15, -0.1) is 0 Å². The van der Waals surface area contributed by atoms with Gasteiger partial charge in [-0.25, -0.2) is 4.98 Å². The molecule has 0 saturated carbocycles. The summed E-state index contributed by atoms with van der Waals surface area (Å²) < 4.78 is 7.88. The Kier molecular flexibility index (Phi) is 2.92. The quantitative estimate of drug-likeness (QED) is 0.831. The Morgan fingerprint density at radius 2 is 2.50 bits per heavy atom. The third kappa shape index (κ3) is 1.54. The molecular formula is C13H21N3O2. The second-order valence-corrected chi connectivity index (χ2v) is 5.47. The van der Waals surface area contributed by atoms with E-state index < -0.39 is 6.10 Å². The summed E-state index contributed by atoms with van der Waals surface area (Å²) in [7, 11) is 0. The zero-order valence-electron chi connectivity index (χ0n) is 10.7. The Balaban J connectivity index is 1.93. The lowest BCUT2D eigenvalue weighted by atomic mass is 9.69. The second-order valence-electron chi connectivity index (χ2n) is 5.47. The molecule has 0 aromatic carbocycles. The van der Waals surface area contributed by atoms with Gasteiger partial charge in [-0.2, -0.15) is 0 Å². The molecule has 1 aromatic heterocycles. The van der Waals surface area contributed by atoms with E-state index in [0.717, 1.165) is 31.5 Å². The number of rotatable bonds is 4. The highest BCUT2D eigenvalue weighted by molar-refractivity contribution is 5.14. The van der Waals surface area contributed by atoms with Crippen molar-refractivity contribution >= 4 is 0 Å². The van der Waals surface area contributed by atoms with Gasteiger partial charge in [0.05, 0.1) is 30.4 Å². The van der Waals surface area contributed by atoms with Crippen molar-refractivity contribution in [1.29, 1.82) is 0 Å². The fourth-order valence-electron chi connectivity index (χ4n) is 3.57. The number of aliphatic hydroxyl groups excluding tert-OH is 1. The van der Waals surface area contributed by atoms with Crippen molar-refractivity contribution in [2.45, 2.75) is 51.0 Å². The number of nitrogens with two attached hydrogens (primary N) is 1. The van der Waals surface area contributed by atoms with Gasteiger partial charge in [0.25, 0.3) is 0 Å². The number of nitrogens with zero attached hydrogens (tertiary/aromatic N) is 2. The van der Waals surface area contributed by atoms with Crippen LogP contribution in [-0.2, 0) is 11.3 Å². The van der Waals surface area contributed by atoms with Crippen molar-refractivity contribution in [3.05, 3.63) is 18.2 Å². The summed E-state index contributed by atoms with van der Waals surface area (Å²) in [5.74, 6) is 0. The molecule has 3 heterocycles. The average Bonchev–Trinajstić information content (AvgIpc) is 3.11. The molecule has 0 radical (unpaired) electrons. The predicted molar refractivity (Wildman–Crippen MR) is 66.9 cm³/mol. The minimum atomic E-state index is -0.583. The van der Waals surface area contributed by atoms with Crippen LogP contribution in [0.5, 0.6) is 0 Å². The molecule has 4 unspecified atom stereocenters. The Labute approximate surface area is 107 Å². The van der Waals surface area contributed by atoms with Crippen LogP contribution in [0.2, 0.25) is 0 Å². The van der Waals surface area contributed by atoms with Crippen molar-refractivity contribution < 1.29 is 9.84 Å². The monoisotopic (exact) mass is 251 g/mol. The maximum Gasteiger partial charge on any atom is 0.105 e. The van der Waals surface area contributed by atoms with E-state index in [1.54, 1.807) is 12.5 Å². The lowest BCUT2D eigenvalue weighted by Gasteiger charge is -2.38. The zero-order valence-corrected chi connectivity index (χ0v) is 10.7. The number of ether oxygens (including phenoxy) is 1. The molecule has 0 amide bonds. The standard InChI is InChI=1S/C13H21N3O2/c1-2-16-8-15-6-10(16)12(17)13(7-14)5-9-3-4-11(13)18-9/h6,8-9,11-12,17H,2-5,7,14H2,1H3. The first kappa shape index (κ1) is 12.1. The minimum Gasteiger partial charge on any atom is -0.386 e. The molecular weight excluding hydrogens is 230 g/mol. The molecule has 100 valence electrons. The molecule has 1 aromatic rings. The number of aromatic nitrogens is 2. The molecule has 0 spiro atoms. The van der Waals surface area contributed by atoms with E-state index in [2.05, 4.69) is 4.98 Å². The molecule has 2 bridgehead atoms. The van der Waals surface area contributed by atoms with E-state index in [0.29, 0.717) is 6.54 Å². The SMILES string of the molecule is CCn1cncc1C(O)C1(CN)CC2CCC1O2. The number of hydrogen-bond acceptors (Lipinski definition) is 4. The molecule has 5 nitrogen and oxygen atoms in total. The third-order valence-corrected chi connectivity index (χ3v) is 4.65. The largest absolute Gasteiger partial charge is 0.386 e. The van der Waals surface area contributed by atoms with E-state index in [9.17, 15) is 5.11 Å². The summed E-state index contributed by atoms with van der Waals surface area (Å²) in [6.45, 7) is 3.32. The van der Waals surface area contributed by atoms with Crippen LogP contribution in [0, 0.1) is 5.41 Å². The molecule has 2 saturated heterocycles. The molecule has 0 aliphatic carbocycles. The Morgan fingerprint density at radius 3 is 3.06 bits per heavy atom. The second kappa shape index (κ2) is 4.33. The molecule has 2 aliphatic heterocycles. The maximum atomic E-state index is 10.8. The summed E-state index contributed by atoms with van der Waals surface area (Å²) in [6, 6.07) is 0. The van der Waals surface area contributed by atoms with Crippen molar-refractivity contribution in [3.63, 3.8) is 0 Å². The lowest BCUT2D eigenvalue weighted by Crippen LogP contribution is -2.45. The van der Waals surface area contributed by atoms with Crippen LogP contribution in [0.1, 0.15) is 38.0 Å². The van der Waals surface area contributed by atoms with Crippen molar-refractivity contribution in [2.24, 2.45) is 11.1 Å². The predicted octanol–water partition coefficient (Wildman–Crippen LogP) is 0.833. The van der Waals surface area contributed by atoms with Crippen LogP contribution in [0.25, 0.3) is 0 Å². The maximum absolute atomic E-state index is 10.8. The Bertz CT molecular complexity index is 434. The van der Waals surface area contributed by atoms with E-state index in [4.69, 9.17) is 10.5 Å². The topological polar surface area (TPSA) is 73.3 Å². The normalized spacial score (nSPS) is 36.2. The number of hydrogen-bond donors (Lipinski definition) is 2. The van der Waals surface area contributed by atoms with Crippen LogP contribution in [-0.4, -0.2) is 33.4 Å². The van der Waals surface area contributed by atoms with Gasteiger partial charge >= 0.3 is 0 Å². The summed E-state index contributed by atoms with van der Waals surface area (Å²) in [4.78, 5) is 4.13. The van der Waals surface area contributed by atoms with E-state index in [1.165, 1.54) is 0 Å². The van der Waals surface area contributed by atoms with Gasteiger partial charge in [0.2, 0.25) is 0 Å². The molecule has 2 aliphatic rings. The fourth-order valence-corrected chi connectivity index (χ4v) is 3.57. The van der Waals surface area contributed by atoms with E-state index in [-0.39, 0.29) is 17.6 Å². The minimum absolute atomic E-state index is 0.0997. The summed E-state index contributed by atoms with van der Waals surface area (Å²) in [5.41, 5.74) is 6.52. The number of aryl methyl sites for hydroxylation is 1. The average molecular weight is 251 g/mol. The van der Waals surface area contributed by atoms with Crippen LogP contribution in [0.4, 0.5) is 0 Å². The third-order valence-electron chi connectivity index (χ3n) is 4.65. The van der Waals surface area contributed by atoms with Crippen LogP contribution in [0.15, 0.2) is 12.5 Å². The van der Waals surface area contributed by atoms with Gasteiger partial charge in [-0.3, -0.25) is 0 Å². The van der Waals surface area contributed by atoms with Gasteiger partial charge in [0.1, 0.15) is 6.10 Å². The highest BCUT2D eigenvalue weighted by atomic mass is 16.5. The highest BCUT2D eigenvalue weighted by Gasteiger charge is 2.56. The smallest absolute Gasteiger partial charge is 0.105 e. The summed E-state index contributed by atoms with van der Waals surface area (Å²) in [5, 5.41) is 10.8. The van der Waals surface area contributed by atoms with Gasteiger partial charge < -0.3 is 20.1 Å². The molecule has 2 fully saturated rings. The molecule has 5 heteroatoms. The highest BCUT2D eigenvalue weighted by Crippen LogP contribution is 2.53. The number of fused-ring (bicyclic) bond motifs is 2. The molecule has 18 heavy (non-hydrogen) atoms. The van der Waals surface area contributed by atoms with Gasteiger partial charge in [0.15, 0.2) is 0 Å². The van der Waals surface area contributed by atoms with E-state index in [1.807, 2.05) is 11.5 Å². The first-order chi connectivity index (χ1) is 8.71. The Hall–Kier alpha value is -0.910. The van der Waals surface area contributed by atoms with E-state index >= 15 is 0 Å².